The molecule has 2 N–H and O–H groups in total. The van der Waals surface area contributed by atoms with Crippen LogP contribution in [0.1, 0.15) is 74.6 Å². The average Bonchev–Trinajstić information content (AvgIpc) is 3.27. The Bertz CT molecular complexity index is 798. The number of anilines is 1. The number of carbonyl (C=O) groups is 1. The topological polar surface area (TPSA) is 49.3 Å². The average molecular weight is 424 g/mol. The van der Waals surface area contributed by atoms with Gasteiger partial charge in [0.25, 0.3) is 0 Å². The number of nitrogens with one attached hydrogen (secondary N) is 1. The first-order valence-electron chi connectivity index (χ1n) is 11.0. The van der Waals surface area contributed by atoms with Crippen molar-refractivity contribution in [2.45, 2.75) is 64.2 Å². The highest BCUT2D eigenvalue weighted by atomic mass is 32.1. The number of carboxylic acid groups (broad SMARTS) is 1. The molecule has 2 aromatic rings. The molecule has 0 atom stereocenters. The molecule has 0 saturated heterocycles. The molecular formula is C26H33NO2S. The van der Waals surface area contributed by atoms with Crippen molar-refractivity contribution in [3.05, 3.63) is 58.3 Å². The minimum Gasteiger partial charge on any atom is -0.478 e. The van der Waals surface area contributed by atoms with Crippen LogP contribution in [0.2, 0.25) is 0 Å². The van der Waals surface area contributed by atoms with Crippen molar-refractivity contribution in [3.8, 4) is 11.8 Å². The van der Waals surface area contributed by atoms with Crippen LogP contribution in [0.3, 0.4) is 0 Å². The molecule has 0 aliphatic carbocycles. The summed E-state index contributed by atoms with van der Waals surface area (Å²) in [5, 5.41) is 14.1. The molecular weight excluding hydrogens is 390 g/mol. The second-order valence-corrected chi connectivity index (χ2v) is 8.38. The molecule has 1 heterocycles. The summed E-state index contributed by atoms with van der Waals surface area (Å²) in [5.41, 5.74) is 1.98. The van der Waals surface area contributed by atoms with Gasteiger partial charge in [-0.3, -0.25) is 0 Å². The Morgan fingerprint density at radius 1 is 0.933 bits per heavy atom. The Morgan fingerprint density at radius 3 is 2.23 bits per heavy atom. The summed E-state index contributed by atoms with van der Waals surface area (Å²) in [6.45, 7) is 0.983. The van der Waals surface area contributed by atoms with Crippen LogP contribution in [0.4, 0.5) is 5.69 Å². The lowest BCUT2D eigenvalue weighted by molar-refractivity contribution is -0.131. The fraction of sp³-hybridized carbons (Fsp3) is 0.423. The molecule has 0 unspecified atom stereocenters. The quantitative estimate of drug-likeness (QED) is 0.192. The van der Waals surface area contributed by atoms with Gasteiger partial charge in [-0.1, -0.05) is 75.0 Å². The number of benzene rings is 1. The van der Waals surface area contributed by atoms with Gasteiger partial charge >= 0.3 is 5.97 Å². The van der Waals surface area contributed by atoms with Crippen molar-refractivity contribution >= 4 is 29.1 Å². The molecule has 1 aromatic carbocycles. The molecule has 160 valence electrons. The maximum atomic E-state index is 10.5. The summed E-state index contributed by atoms with van der Waals surface area (Å²) < 4.78 is 0. The summed E-state index contributed by atoms with van der Waals surface area (Å²) in [6, 6.07) is 12.0. The maximum absolute atomic E-state index is 10.5. The van der Waals surface area contributed by atoms with Gasteiger partial charge in [-0.05, 0) is 48.1 Å². The summed E-state index contributed by atoms with van der Waals surface area (Å²) in [4.78, 5) is 11.7. The molecule has 30 heavy (non-hydrogen) atoms. The Labute approximate surface area is 185 Å². The van der Waals surface area contributed by atoms with E-state index in [-0.39, 0.29) is 0 Å². The van der Waals surface area contributed by atoms with Gasteiger partial charge in [-0.25, -0.2) is 4.79 Å². The Morgan fingerprint density at radius 2 is 1.60 bits per heavy atom. The highest BCUT2D eigenvalue weighted by molar-refractivity contribution is 7.10. The molecule has 0 aliphatic heterocycles. The van der Waals surface area contributed by atoms with Crippen molar-refractivity contribution < 1.29 is 9.90 Å². The van der Waals surface area contributed by atoms with Crippen molar-refractivity contribution in [1.29, 1.82) is 0 Å². The van der Waals surface area contributed by atoms with E-state index in [1.165, 1.54) is 62.7 Å². The van der Waals surface area contributed by atoms with Crippen LogP contribution < -0.4 is 5.32 Å². The summed E-state index contributed by atoms with van der Waals surface area (Å²) in [6.07, 6.45) is 15.4. The molecule has 0 saturated carbocycles. The third-order valence-corrected chi connectivity index (χ3v) is 5.65. The van der Waals surface area contributed by atoms with E-state index in [2.05, 4.69) is 34.7 Å². The molecule has 0 fully saturated rings. The van der Waals surface area contributed by atoms with Crippen LogP contribution in [0.15, 0.2) is 47.9 Å². The van der Waals surface area contributed by atoms with Crippen LogP contribution in [-0.4, -0.2) is 17.6 Å². The van der Waals surface area contributed by atoms with Gasteiger partial charge < -0.3 is 10.4 Å². The number of hydrogen-bond acceptors (Lipinski definition) is 3. The Hall–Kier alpha value is -2.51. The van der Waals surface area contributed by atoms with Gasteiger partial charge in [-0.2, -0.15) is 0 Å². The highest BCUT2D eigenvalue weighted by Crippen LogP contribution is 2.13. The highest BCUT2D eigenvalue weighted by Gasteiger charge is 1.95. The van der Waals surface area contributed by atoms with Gasteiger partial charge in [0.1, 0.15) is 0 Å². The van der Waals surface area contributed by atoms with Crippen LogP contribution in [0.5, 0.6) is 0 Å². The normalized spacial score (nSPS) is 10.7. The van der Waals surface area contributed by atoms with Gasteiger partial charge in [0.05, 0.1) is 4.88 Å². The van der Waals surface area contributed by atoms with E-state index in [9.17, 15) is 4.79 Å². The zero-order valence-electron chi connectivity index (χ0n) is 17.7. The number of carboxylic acids is 1. The number of hydrogen-bond donors (Lipinski definition) is 2. The van der Waals surface area contributed by atoms with Gasteiger partial charge in [0, 0.05) is 24.7 Å². The lowest BCUT2D eigenvalue weighted by atomic mass is 10.1. The number of rotatable bonds is 14. The number of aliphatic carboxylic acids is 1. The van der Waals surface area contributed by atoms with E-state index in [1.54, 1.807) is 17.4 Å². The van der Waals surface area contributed by atoms with E-state index in [0.29, 0.717) is 0 Å². The minimum atomic E-state index is -0.924. The summed E-state index contributed by atoms with van der Waals surface area (Å²) in [5.74, 6) is 5.57. The van der Waals surface area contributed by atoms with Crippen molar-refractivity contribution in [1.82, 2.24) is 0 Å². The second kappa shape index (κ2) is 15.3. The van der Waals surface area contributed by atoms with Crippen LogP contribution >= 0.6 is 11.3 Å². The molecule has 2 rings (SSSR count). The van der Waals surface area contributed by atoms with Crippen molar-refractivity contribution in [2.24, 2.45) is 0 Å². The molecule has 4 heteroatoms. The van der Waals surface area contributed by atoms with Crippen LogP contribution in [0, 0.1) is 11.8 Å². The zero-order chi connectivity index (χ0) is 21.3. The fourth-order valence-corrected chi connectivity index (χ4v) is 3.78. The predicted molar refractivity (Wildman–Crippen MR) is 129 cm³/mol. The molecule has 0 radical (unpaired) electrons. The standard InChI is InChI=1S/C26H33NO2S/c28-26(29)20-17-23-15-18-24(19-16-23)27-21-11-9-7-5-3-1-2-4-6-8-10-13-25-14-12-22-30-25/h12,14-20,22,27H,1-9,11,21H2,(H,28,29)/b20-17+. The molecule has 3 nitrogen and oxygen atoms in total. The fourth-order valence-electron chi connectivity index (χ4n) is 3.19. The SMILES string of the molecule is O=C(O)/C=C/c1ccc(NCCCCCCCCCCCC#Cc2cccs2)cc1. The lowest BCUT2D eigenvalue weighted by Gasteiger charge is -2.07. The third kappa shape index (κ3) is 11.5. The Kier molecular flexibility index (Phi) is 12.2. The first kappa shape index (κ1) is 23.8. The smallest absolute Gasteiger partial charge is 0.328 e. The van der Waals surface area contributed by atoms with E-state index in [4.69, 9.17) is 5.11 Å². The predicted octanol–water partition coefficient (Wildman–Crippen LogP) is 7.21. The lowest BCUT2D eigenvalue weighted by Crippen LogP contribution is -2.01. The molecule has 1 aromatic heterocycles. The van der Waals surface area contributed by atoms with E-state index in [1.807, 2.05) is 24.3 Å². The summed E-state index contributed by atoms with van der Waals surface area (Å²) >= 11 is 1.71. The zero-order valence-corrected chi connectivity index (χ0v) is 18.6. The monoisotopic (exact) mass is 423 g/mol. The van der Waals surface area contributed by atoms with Gasteiger partial charge in [0.2, 0.25) is 0 Å². The van der Waals surface area contributed by atoms with Crippen molar-refractivity contribution in [3.63, 3.8) is 0 Å². The minimum absolute atomic E-state index is 0.897. The molecule has 0 aliphatic rings. The van der Waals surface area contributed by atoms with E-state index < -0.39 is 5.97 Å². The third-order valence-electron chi connectivity index (χ3n) is 4.87. The van der Waals surface area contributed by atoms with Crippen molar-refractivity contribution in [2.75, 3.05) is 11.9 Å². The largest absolute Gasteiger partial charge is 0.478 e. The second-order valence-electron chi connectivity index (χ2n) is 7.43. The van der Waals surface area contributed by atoms with E-state index in [0.717, 1.165) is 30.3 Å². The molecule has 0 spiro atoms. The van der Waals surface area contributed by atoms with Gasteiger partial charge in [-0.15, -0.1) is 11.3 Å². The maximum Gasteiger partial charge on any atom is 0.328 e. The first-order chi connectivity index (χ1) is 14.7. The van der Waals surface area contributed by atoms with Gasteiger partial charge in [0.15, 0.2) is 0 Å². The van der Waals surface area contributed by atoms with Crippen LogP contribution in [0.25, 0.3) is 6.08 Å². The number of unbranched alkanes of at least 4 members (excludes halogenated alkanes) is 9. The Balaban J connectivity index is 1.37. The molecule has 0 amide bonds. The number of thiophene rings is 1. The van der Waals surface area contributed by atoms with E-state index >= 15 is 0 Å². The first-order valence-corrected chi connectivity index (χ1v) is 11.9. The molecule has 0 bridgehead atoms. The summed E-state index contributed by atoms with van der Waals surface area (Å²) in [7, 11) is 0. The van der Waals surface area contributed by atoms with Crippen LogP contribution in [-0.2, 0) is 4.79 Å².